The van der Waals surface area contributed by atoms with Crippen LogP contribution in [0.4, 0.5) is 4.39 Å². The fourth-order valence-electron chi connectivity index (χ4n) is 2.61. The maximum atomic E-state index is 12.9. The van der Waals surface area contributed by atoms with E-state index in [-0.39, 0.29) is 10.7 Å². The predicted molar refractivity (Wildman–Crippen MR) is 97.9 cm³/mol. The molecule has 1 saturated heterocycles. The third-order valence-corrected chi connectivity index (χ3v) is 7.00. The van der Waals surface area contributed by atoms with E-state index < -0.39 is 10.0 Å². The Labute approximate surface area is 152 Å². The highest BCUT2D eigenvalue weighted by Gasteiger charge is 2.28. The second kappa shape index (κ2) is 7.76. The fraction of sp³-hybridized carbons (Fsp3) is 0.333. The molecule has 0 spiro atoms. The van der Waals surface area contributed by atoms with Crippen molar-refractivity contribution in [3.05, 3.63) is 59.9 Å². The van der Waals surface area contributed by atoms with Gasteiger partial charge in [-0.1, -0.05) is 19.1 Å². The van der Waals surface area contributed by atoms with Gasteiger partial charge in [-0.3, -0.25) is 0 Å². The SMILES string of the molecule is C[C@H]1CN(S(=O)(=O)c2ccc(OCc3ccc(F)cc3)cc2)CCS1. The molecule has 4 nitrogen and oxygen atoms in total. The first-order valence-corrected chi connectivity index (χ1v) is 10.5. The van der Waals surface area contributed by atoms with Crippen molar-refractivity contribution in [3.8, 4) is 5.75 Å². The van der Waals surface area contributed by atoms with Crippen LogP contribution < -0.4 is 4.74 Å². The molecule has 1 heterocycles. The van der Waals surface area contributed by atoms with E-state index in [9.17, 15) is 12.8 Å². The van der Waals surface area contributed by atoms with Gasteiger partial charge in [0.05, 0.1) is 4.90 Å². The molecular weight excluding hydrogens is 361 g/mol. The summed E-state index contributed by atoms with van der Waals surface area (Å²) in [6.07, 6.45) is 0. The Balaban J connectivity index is 1.66. The second-order valence-corrected chi connectivity index (χ2v) is 9.42. The number of rotatable bonds is 5. The van der Waals surface area contributed by atoms with Gasteiger partial charge in [0.2, 0.25) is 10.0 Å². The van der Waals surface area contributed by atoms with Gasteiger partial charge in [0.1, 0.15) is 18.2 Å². The molecule has 0 aliphatic carbocycles. The average molecular weight is 381 g/mol. The quantitative estimate of drug-likeness (QED) is 0.795. The van der Waals surface area contributed by atoms with Gasteiger partial charge >= 0.3 is 0 Å². The van der Waals surface area contributed by atoms with Crippen LogP contribution in [0.25, 0.3) is 0 Å². The van der Waals surface area contributed by atoms with Crippen molar-refractivity contribution in [3.63, 3.8) is 0 Å². The van der Waals surface area contributed by atoms with E-state index in [0.29, 0.717) is 30.7 Å². The highest BCUT2D eigenvalue weighted by molar-refractivity contribution is 8.00. The molecule has 25 heavy (non-hydrogen) atoms. The molecule has 7 heteroatoms. The molecule has 1 aliphatic heterocycles. The van der Waals surface area contributed by atoms with Gasteiger partial charge in [-0.05, 0) is 42.0 Å². The molecule has 3 rings (SSSR count). The van der Waals surface area contributed by atoms with Crippen LogP contribution in [0.1, 0.15) is 12.5 Å². The van der Waals surface area contributed by atoms with Crippen molar-refractivity contribution in [2.75, 3.05) is 18.8 Å². The number of nitrogens with zero attached hydrogens (tertiary/aromatic N) is 1. The monoisotopic (exact) mass is 381 g/mol. The van der Waals surface area contributed by atoms with E-state index in [1.165, 1.54) is 12.1 Å². The zero-order chi connectivity index (χ0) is 17.9. The van der Waals surface area contributed by atoms with Gasteiger partial charge in [-0.25, -0.2) is 12.8 Å². The summed E-state index contributed by atoms with van der Waals surface area (Å²) in [6, 6.07) is 12.5. The highest BCUT2D eigenvalue weighted by Crippen LogP contribution is 2.25. The Morgan fingerprint density at radius 1 is 1.16 bits per heavy atom. The normalized spacial score (nSPS) is 18.9. The summed E-state index contributed by atoms with van der Waals surface area (Å²) >= 11 is 1.79. The summed E-state index contributed by atoms with van der Waals surface area (Å²) in [5, 5.41) is 0.307. The molecular formula is C18H20FNO3S2. The zero-order valence-corrected chi connectivity index (χ0v) is 15.5. The van der Waals surface area contributed by atoms with Crippen LogP contribution in [0, 0.1) is 5.82 Å². The van der Waals surface area contributed by atoms with Crippen LogP contribution in [0.5, 0.6) is 5.75 Å². The summed E-state index contributed by atoms with van der Waals surface area (Å²) in [5.41, 5.74) is 0.845. The molecule has 1 aliphatic rings. The summed E-state index contributed by atoms with van der Waals surface area (Å²) in [4.78, 5) is 0.278. The van der Waals surface area contributed by atoms with E-state index in [4.69, 9.17) is 4.74 Å². The van der Waals surface area contributed by atoms with Crippen molar-refractivity contribution in [1.82, 2.24) is 4.31 Å². The summed E-state index contributed by atoms with van der Waals surface area (Å²) in [7, 11) is -3.46. The number of hydrogen-bond acceptors (Lipinski definition) is 4. The second-order valence-electron chi connectivity index (χ2n) is 5.93. The van der Waals surface area contributed by atoms with E-state index in [2.05, 4.69) is 0 Å². The molecule has 0 radical (unpaired) electrons. The Kier molecular flexibility index (Phi) is 5.66. The topological polar surface area (TPSA) is 46.6 Å². The summed E-state index contributed by atoms with van der Waals surface area (Å²) < 4.78 is 45.4. The van der Waals surface area contributed by atoms with Crippen LogP contribution in [0.2, 0.25) is 0 Å². The minimum atomic E-state index is -3.46. The smallest absolute Gasteiger partial charge is 0.243 e. The van der Waals surface area contributed by atoms with Crippen LogP contribution >= 0.6 is 11.8 Å². The minimum absolute atomic E-state index is 0.278. The van der Waals surface area contributed by atoms with Crippen LogP contribution in [0.3, 0.4) is 0 Å². The van der Waals surface area contributed by atoms with Gasteiger partial charge in [0.25, 0.3) is 0 Å². The molecule has 0 N–H and O–H groups in total. The number of benzene rings is 2. The predicted octanol–water partition coefficient (Wildman–Crippen LogP) is 3.53. The molecule has 1 atom stereocenters. The molecule has 0 saturated carbocycles. The number of halogens is 1. The maximum absolute atomic E-state index is 12.9. The molecule has 0 bridgehead atoms. The molecule has 0 amide bonds. The molecule has 2 aromatic rings. The first-order chi connectivity index (χ1) is 11.9. The molecule has 2 aromatic carbocycles. The van der Waals surface area contributed by atoms with Crippen LogP contribution in [0.15, 0.2) is 53.4 Å². The third-order valence-electron chi connectivity index (χ3n) is 3.98. The number of thioether (sulfide) groups is 1. The van der Waals surface area contributed by atoms with Gasteiger partial charge in [-0.2, -0.15) is 16.1 Å². The molecule has 0 unspecified atom stereocenters. The lowest BCUT2D eigenvalue weighted by Gasteiger charge is -2.29. The third kappa shape index (κ3) is 4.54. The Morgan fingerprint density at radius 3 is 2.48 bits per heavy atom. The lowest BCUT2D eigenvalue weighted by molar-refractivity contribution is 0.306. The lowest BCUT2D eigenvalue weighted by atomic mass is 10.2. The number of ether oxygens (including phenoxy) is 1. The highest BCUT2D eigenvalue weighted by atomic mass is 32.2. The van der Waals surface area contributed by atoms with Crippen LogP contribution in [-0.4, -0.2) is 36.8 Å². The number of hydrogen-bond donors (Lipinski definition) is 0. The van der Waals surface area contributed by atoms with Crippen LogP contribution in [-0.2, 0) is 16.6 Å². The molecule has 1 fully saturated rings. The van der Waals surface area contributed by atoms with Crippen molar-refractivity contribution in [1.29, 1.82) is 0 Å². The van der Waals surface area contributed by atoms with Gasteiger partial charge in [-0.15, -0.1) is 0 Å². The summed E-state index contributed by atoms with van der Waals surface area (Å²) in [5.74, 6) is 1.11. The maximum Gasteiger partial charge on any atom is 0.243 e. The molecule has 0 aromatic heterocycles. The zero-order valence-electron chi connectivity index (χ0n) is 13.9. The van der Waals surface area contributed by atoms with Crippen molar-refractivity contribution in [2.45, 2.75) is 23.7 Å². The Hall–Kier alpha value is -1.57. The first-order valence-electron chi connectivity index (χ1n) is 8.04. The minimum Gasteiger partial charge on any atom is -0.489 e. The van der Waals surface area contributed by atoms with E-state index in [1.54, 1.807) is 52.5 Å². The van der Waals surface area contributed by atoms with E-state index in [1.807, 2.05) is 6.92 Å². The van der Waals surface area contributed by atoms with Crippen molar-refractivity contribution >= 4 is 21.8 Å². The first kappa shape index (κ1) is 18.2. The standard InChI is InChI=1S/C18H20FNO3S2/c1-14-12-20(10-11-24-14)25(21,22)18-8-6-17(7-9-18)23-13-15-2-4-16(19)5-3-15/h2-9,14H,10-13H2,1H3/t14-/m0/s1. The Bertz CT molecular complexity index is 807. The largest absolute Gasteiger partial charge is 0.489 e. The van der Waals surface area contributed by atoms with Gasteiger partial charge in [0.15, 0.2) is 0 Å². The Morgan fingerprint density at radius 2 is 1.84 bits per heavy atom. The molecule has 134 valence electrons. The fourth-order valence-corrected chi connectivity index (χ4v) is 5.36. The van der Waals surface area contributed by atoms with Crippen molar-refractivity contribution < 1.29 is 17.5 Å². The lowest BCUT2D eigenvalue weighted by Crippen LogP contribution is -2.40. The van der Waals surface area contributed by atoms with Gasteiger partial charge in [0, 0.05) is 24.1 Å². The van der Waals surface area contributed by atoms with E-state index in [0.717, 1.165) is 11.3 Å². The van der Waals surface area contributed by atoms with Gasteiger partial charge < -0.3 is 4.74 Å². The summed E-state index contributed by atoms with van der Waals surface area (Å²) in [6.45, 7) is 3.42. The average Bonchev–Trinajstić information content (AvgIpc) is 2.62. The van der Waals surface area contributed by atoms with Crippen molar-refractivity contribution in [2.24, 2.45) is 0 Å². The number of sulfonamides is 1. The van der Waals surface area contributed by atoms with E-state index >= 15 is 0 Å².